The Kier molecular flexibility index (Phi) is 6.76. The summed E-state index contributed by atoms with van der Waals surface area (Å²) in [4.78, 5) is 27.0. The number of anilines is 2. The van der Waals surface area contributed by atoms with Crippen LogP contribution in [0.1, 0.15) is 44.9 Å². The average Bonchev–Trinajstić information content (AvgIpc) is 3.25. The molecule has 0 unspecified atom stereocenters. The lowest BCUT2D eigenvalue weighted by Crippen LogP contribution is -2.39. The highest BCUT2D eigenvalue weighted by molar-refractivity contribution is 5.78. The van der Waals surface area contributed by atoms with Crippen molar-refractivity contribution >= 4 is 28.7 Å². The largest absolute Gasteiger partial charge is 0.378 e. The Bertz CT molecular complexity index is 1190. The van der Waals surface area contributed by atoms with Gasteiger partial charge in [0.1, 0.15) is 11.6 Å². The van der Waals surface area contributed by atoms with Gasteiger partial charge < -0.3 is 20.3 Å². The zero-order chi connectivity index (χ0) is 24.4. The van der Waals surface area contributed by atoms with E-state index in [9.17, 15) is 13.6 Å². The van der Waals surface area contributed by atoms with Crippen LogP contribution in [0, 0.1) is 0 Å². The quantitative estimate of drug-likeness (QED) is 0.552. The Morgan fingerprint density at radius 2 is 1.71 bits per heavy atom. The molecule has 1 saturated carbocycles. The molecule has 186 valence electrons. The van der Waals surface area contributed by atoms with Gasteiger partial charge in [-0.15, -0.1) is 0 Å². The number of nitrogens with one attached hydrogen (secondary N) is 2. The Morgan fingerprint density at radius 3 is 2.43 bits per heavy atom. The summed E-state index contributed by atoms with van der Waals surface area (Å²) in [5.41, 5.74) is 1.05. The van der Waals surface area contributed by atoms with Crippen LogP contribution >= 0.6 is 0 Å². The van der Waals surface area contributed by atoms with Crippen LogP contribution in [-0.2, 0) is 9.53 Å². The number of carbonyl (C=O) groups is 1. The Labute approximate surface area is 201 Å². The number of benzene rings is 1. The summed E-state index contributed by atoms with van der Waals surface area (Å²) in [5.74, 6) is 1.03. The van der Waals surface area contributed by atoms with Crippen molar-refractivity contribution in [3.05, 3.63) is 36.2 Å². The number of amides is 1. The highest BCUT2D eigenvalue weighted by Crippen LogP contribution is 2.30. The molecule has 0 radical (unpaired) electrons. The maximum Gasteiger partial charge on any atom is 0.296 e. The predicted molar refractivity (Wildman–Crippen MR) is 128 cm³/mol. The SMILES string of the molecule is CC(=O)N[C@H]1CC[C@H](Nc2nc(N3CCOCC3)cc(-n3c(C(F)F)nc4ccccc43)n2)CC1. The number of nitrogens with zero attached hydrogens (tertiary/aromatic N) is 5. The number of morpholine rings is 1. The number of imidazole rings is 1. The van der Waals surface area contributed by atoms with E-state index in [1.54, 1.807) is 30.3 Å². The van der Waals surface area contributed by atoms with Gasteiger partial charge in [-0.2, -0.15) is 9.97 Å². The minimum atomic E-state index is -2.76. The van der Waals surface area contributed by atoms with Gasteiger partial charge in [0.15, 0.2) is 5.82 Å². The Morgan fingerprint density at radius 1 is 1.03 bits per heavy atom. The second-order valence-electron chi connectivity index (χ2n) is 9.00. The molecule has 2 aliphatic rings. The fourth-order valence-electron chi connectivity index (χ4n) is 4.84. The molecule has 1 aromatic carbocycles. The van der Waals surface area contributed by atoms with Crippen LogP contribution < -0.4 is 15.5 Å². The summed E-state index contributed by atoms with van der Waals surface area (Å²) in [6.07, 6.45) is 0.650. The Balaban J connectivity index is 1.49. The van der Waals surface area contributed by atoms with Gasteiger partial charge in [-0.25, -0.2) is 13.8 Å². The molecule has 5 rings (SSSR count). The number of hydrogen-bond acceptors (Lipinski definition) is 7. The van der Waals surface area contributed by atoms with Crippen molar-refractivity contribution in [3.8, 4) is 5.82 Å². The standard InChI is InChI=1S/C24H29F2N7O2/c1-15(34)27-16-6-8-17(9-7-16)28-24-30-20(32-10-12-35-13-11-32)14-21(31-24)33-19-5-3-2-4-18(19)29-23(33)22(25)26/h2-5,14,16-17,22H,6-13H2,1H3,(H,27,34)(H,28,30,31)/t16-,17-. The van der Waals surface area contributed by atoms with E-state index in [0.29, 0.717) is 54.9 Å². The van der Waals surface area contributed by atoms with Gasteiger partial charge in [0.2, 0.25) is 11.9 Å². The molecule has 1 aliphatic carbocycles. The molecule has 0 bridgehead atoms. The fourth-order valence-corrected chi connectivity index (χ4v) is 4.84. The lowest BCUT2D eigenvalue weighted by atomic mass is 9.91. The third-order valence-electron chi connectivity index (χ3n) is 6.51. The molecule has 1 saturated heterocycles. The van der Waals surface area contributed by atoms with Crippen LogP contribution in [0.5, 0.6) is 0 Å². The van der Waals surface area contributed by atoms with Crippen LogP contribution in [0.15, 0.2) is 30.3 Å². The minimum absolute atomic E-state index is 0.0185. The predicted octanol–water partition coefficient (Wildman–Crippen LogP) is 3.45. The molecule has 2 aromatic heterocycles. The average molecular weight is 486 g/mol. The van der Waals surface area contributed by atoms with Crippen molar-refractivity contribution in [2.24, 2.45) is 0 Å². The van der Waals surface area contributed by atoms with E-state index in [1.165, 1.54) is 11.5 Å². The zero-order valence-electron chi connectivity index (χ0n) is 19.6. The van der Waals surface area contributed by atoms with Gasteiger partial charge in [-0.1, -0.05) is 12.1 Å². The van der Waals surface area contributed by atoms with Crippen LogP contribution in [-0.4, -0.2) is 63.8 Å². The van der Waals surface area contributed by atoms with E-state index < -0.39 is 6.43 Å². The van der Waals surface area contributed by atoms with Crippen molar-refractivity contribution in [1.29, 1.82) is 0 Å². The molecular weight excluding hydrogens is 456 g/mol. The normalized spacial score (nSPS) is 20.9. The summed E-state index contributed by atoms with van der Waals surface area (Å²) in [7, 11) is 0. The molecular formula is C24H29F2N7O2. The first-order chi connectivity index (χ1) is 17.0. The monoisotopic (exact) mass is 485 g/mol. The van der Waals surface area contributed by atoms with Gasteiger partial charge in [0, 0.05) is 38.2 Å². The van der Waals surface area contributed by atoms with Crippen LogP contribution in [0.3, 0.4) is 0 Å². The van der Waals surface area contributed by atoms with Crippen LogP contribution in [0.25, 0.3) is 16.9 Å². The lowest BCUT2D eigenvalue weighted by Gasteiger charge is -2.31. The van der Waals surface area contributed by atoms with Crippen molar-refractivity contribution < 1.29 is 18.3 Å². The number of para-hydroxylation sites is 2. The second kappa shape index (κ2) is 10.1. The van der Waals surface area contributed by atoms with E-state index in [1.807, 2.05) is 0 Å². The number of fused-ring (bicyclic) bond motifs is 1. The number of aromatic nitrogens is 4. The molecule has 3 aromatic rings. The maximum atomic E-state index is 14.0. The zero-order valence-corrected chi connectivity index (χ0v) is 19.6. The number of carbonyl (C=O) groups excluding carboxylic acids is 1. The molecule has 0 atom stereocenters. The van der Waals surface area contributed by atoms with Crippen LogP contribution in [0.4, 0.5) is 20.5 Å². The second-order valence-corrected chi connectivity index (χ2v) is 9.00. The topological polar surface area (TPSA) is 97.2 Å². The van der Waals surface area contributed by atoms with E-state index in [4.69, 9.17) is 9.72 Å². The van der Waals surface area contributed by atoms with Crippen molar-refractivity contribution in [2.75, 3.05) is 36.5 Å². The first kappa shape index (κ1) is 23.4. The lowest BCUT2D eigenvalue weighted by molar-refractivity contribution is -0.119. The fraction of sp³-hybridized carbons (Fsp3) is 0.500. The third-order valence-corrected chi connectivity index (χ3v) is 6.51. The van der Waals surface area contributed by atoms with Gasteiger partial charge >= 0.3 is 0 Å². The Hall–Kier alpha value is -3.34. The van der Waals surface area contributed by atoms with E-state index in [2.05, 4.69) is 25.5 Å². The summed E-state index contributed by atoms with van der Waals surface area (Å²) < 4.78 is 34.9. The molecule has 35 heavy (non-hydrogen) atoms. The molecule has 9 nitrogen and oxygen atoms in total. The maximum absolute atomic E-state index is 14.0. The number of halogens is 2. The number of rotatable bonds is 6. The summed E-state index contributed by atoms with van der Waals surface area (Å²) in [5, 5.41) is 6.40. The summed E-state index contributed by atoms with van der Waals surface area (Å²) in [6, 6.07) is 9.10. The highest BCUT2D eigenvalue weighted by Gasteiger charge is 2.25. The number of alkyl halides is 2. The van der Waals surface area contributed by atoms with E-state index in [-0.39, 0.29) is 23.8 Å². The number of hydrogen-bond donors (Lipinski definition) is 2. The number of ether oxygens (including phenoxy) is 1. The third kappa shape index (κ3) is 5.19. The van der Waals surface area contributed by atoms with Gasteiger partial charge in [0.25, 0.3) is 6.43 Å². The molecule has 0 spiro atoms. The van der Waals surface area contributed by atoms with Crippen molar-refractivity contribution in [1.82, 2.24) is 24.8 Å². The first-order valence-electron chi connectivity index (χ1n) is 12.0. The van der Waals surface area contributed by atoms with Crippen molar-refractivity contribution in [3.63, 3.8) is 0 Å². The smallest absolute Gasteiger partial charge is 0.296 e. The molecule has 2 fully saturated rings. The molecule has 1 aliphatic heterocycles. The van der Waals surface area contributed by atoms with E-state index >= 15 is 0 Å². The minimum Gasteiger partial charge on any atom is -0.378 e. The van der Waals surface area contributed by atoms with E-state index in [0.717, 1.165) is 25.7 Å². The first-order valence-corrected chi connectivity index (χ1v) is 12.0. The highest BCUT2D eigenvalue weighted by atomic mass is 19.3. The van der Waals surface area contributed by atoms with Gasteiger partial charge in [-0.3, -0.25) is 9.36 Å². The molecule has 3 heterocycles. The summed E-state index contributed by atoms with van der Waals surface area (Å²) >= 11 is 0. The van der Waals surface area contributed by atoms with Gasteiger partial charge in [-0.05, 0) is 37.8 Å². The molecule has 11 heteroatoms. The molecule has 2 N–H and O–H groups in total. The van der Waals surface area contributed by atoms with Crippen molar-refractivity contribution in [2.45, 2.75) is 51.1 Å². The van der Waals surface area contributed by atoms with Gasteiger partial charge in [0.05, 0.1) is 24.2 Å². The summed E-state index contributed by atoms with van der Waals surface area (Å²) in [6.45, 7) is 4.00. The van der Waals surface area contributed by atoms with Crippen LogP contribution in [0.2, 0.25) is 0 Å². The molecule has 1 amide bonds.